The Morgan fingerprint density at radius 3 is 2.58 bits per heavy atom. The van der Waals surface area contributed by atoms with Gasteiger partial charge in [-0.15, -0.1) is 12.4 Å². The molecule has 0 radical (unpaired) electrons. The molecule has 0 amide bonds. The first-order valence-electron chi connectivity index (χ1n) is 3.95. The summed E-state index contributed by atoms with van der Waals surface area (Å²) < 4.78 is 0. The molecule has 1 aliphatic heterocycles. The molecule has 0 saturated carbocycles. The van der Waals surface area contributed by atoms with Crippen molar-refractivity contribution in [3.05, 3.63) is 0 Å². The van der Waals surface area contributed by atoms with Gasteiger partial charge in [-0.05, 0) is 25.9 Å². The van der Waals surface area contributed by atoms with Gasteiger partial charge in [-0.2, -0.15) is 5.26 Å². The topological polar surface area (TPSA) is 52.9 Å². The van der Waals surface area contributed by atoms with Crippen LogP contribution in [0.5, 0.6) is 0 Å². The number of Topliss-reactive ketones (excluding diaryl/α,β-unsaturated/α-hetero) is 1. The Morgan fingerprint density at radius 2 is 2.08 bits per heavy atom. The van der Waals surface area contributed by atoms with Crippen LogP contribution in [0.1, 0.15) is 19.3 Å². The third-order valence-corrected chi connectivity index (χ3v) is 2.05. The number of hydrogen-bond acceptors (Lipinski definition) is 3. The highest BCUT2D eigenvalue weighted by Gasteiger charge is 2.19. The van der Waals surface area contributed by atoms with Gasteiger partial charge in [-0.25, -0.2) is 0 Å². The summed E-state index contributed by atoms with van der Waals surface area (Å²) in [4.78, 5) is 11.1. The minimum Gasteiger partial charge on any atom is -0.317 e. The Labute approximate surface area is 78.5 Å². The largest absolute Gasteiger partial charge is 0.317 e. The second kappa shape index (κ2) is 5.99. The van der Waals surface area contributed by atoms with E-state index in [0.717, 1.165) is 25.9 Å². The number of nitrogens with one attached hydrogen (secondary N) is 1. The minimum atomic E-state index is 0. The molecule has 0 aromatic heterocycles. The summed E-state index contributed by atoms with van der Waals surface area (Å²) in [5.41, 5.74) is 0. The first-order valence-corrected chi connectivity index (χ1v) is 3.95. The maximum absolute atomic E-state index is 11.1. The molecule has 0 aromatic carbocycles. The van der Waals surface area contributed by atoms with Gasteiger partial charge in [0.1, 0.15) is 5.78 Å². The Bertz CT molecular complexity index is 182. The number of hydrogen-bond donors (Lipinski definition) is 1. The zero-order valence-corrected chi connectivity index (χ0v) is 7.69. The molecule has 0 unspecified atom stereocenters. The third-order valence-electron chi connectivity index (χ3n) is 2.05. The normalized spacial score (nSPS) is 17.6. The molecule has 1 aliphatic rings. The molecule has 1 saturated heterocycles. The summed E-state index contributed by atoms with van der Waals surface area (Å²) in [6, 6.07) is 1.89. The van der Waals surface area contributed by atoms with Crippen LogP contribution in [-0.2, 0) is 4.79 Å². The maximum atomic E-state index is 11.1. The highest BCUT2D eigenvalue weighted by molar-refractivity contribution is 5.85. The molecule has 0 aliphatic carbocycles. The molecule has 0 bridgehead atoms. The number of ketones is 1. The van der Waals surface area contributed by atoms with Gasteiger partial charge in [-0.1, -0.05) is 0 Å². The van der Waals surface area contributed by atoms with E-state index in [9.17, 15) is 4.79 Å². The van der Waals surface area contributed by atoms with Crippen LogP contribution in [0.4, 0.5) is 0 Å². The van der Waals surface area contributed by atoms with E-state index in [-0.39, 0.29) is 30.5 Å². The monoisotopic (exact) mass is 188 g/mol. The van der Waals surface area contributed by atoms with E-state index in [0.29, 0.717) is 0 Å². The van der Waals surface area contributed by atoms with Crippen molar-refractivity contribution in [1.82, 2.24) is 5.32 Å². The van der Waals surface area contributed by atoms with E-state index >= 15 is 0 Å². The molecular weight excluding hydrogens is 176 g/mol. The van der Waals surface area contributed by atoms with Crippen molar-refractivity contribution in [1.29, 1.82) is 5.26 Å². The number of halogens is 1. The Hall–Kier alpha value is -0.590. The van der Waals surface area contributed by atoms with Crippen molar-refractivity contribution < 1.29 is 4.79 Å². The van der Waals surface area contributed by atoms with E-state index < -0.39 is 0 Å². The summed E-state index contributed by atoms with van der Waals surface area (Å²) in [6.45, 7) is 1.84. The lowest BCUT2D eigenvalue weighted by Gasteiger charge is -2.19. The van der Waals surface area contributed by atoms with Gasteiger partial charge in [0.05, 0.1) is 12.5 Å². The highest BCUT2D eigenvalue weighted by atomic mass is 35.5. The van der Waals surface area contributed by atoms with Crippen molar-refractivity contribution in [2.75, 3.05) is 13.1 Å². The summed E-state index contributed by atoms with van der Waals surface area (Å²) >= 11 is 0. The molecule has 1 N–H and O–H groups in total. The van der Waals surface area contributed by atoms with E-state index in [1.165, 1.54) is 0 Å². The van der Waals surface area contributed by atoms with Gasteiger partial charge in [0, 0.05) is 5.92 Å². The second-order valence-electron chi connectivity index (χ2n) is 2.83. The molecule has 0 atom stereocenters. The van der Waals surface area contributed by atoms with Crippen molar-refractivity contribution in [3.8, 4) is 6.07 Å². The number of nitriles is 1. The zero-order valence-electron chi connectivity index (χ0n) is 6.88. The lowest BCUT2D eigenvalue weighted by atomic mass is 9.92. The SMILES string of the molecule is Cl.N#CCC(=O)C1CCNCC1. The van der Waals surface area contributed by atoms with Gasteiger partial charge in [0.15, 0.2) is 0 Å². The summed E-state index contributed by atoms with van der Waals surface area (Å²) in [5.74, 6) is 0.268. The van der Waals surface area contributed by atoms with Crippen molar-refractivity contribution in [2.24, 2.45) is 5.92 Å². The van der Waals surface area contributed by atoms with Crippen molar-refractivity contribution >= 4 is 18.2 Å². The van der Waals surface area contributed by atoms with E-state index in [1.54, 1.807) is 0 Å². The Kier molecular flexibility index (Phi) is 5.69. The highest BCUT2D eigenvalue weighted by Crippen LogP contribution is 2.13. The molecule has 1 heterocycles. The average molecular weight is 189 g/mol. The molecule has 0 aromatic rings. The van der Waals surface area contributed by atoms with Crippen molar-refractivity contribution in [3.63, 3.8) is 0 Å². The van der Waals surface area contributed by atoms with Crippen LogP contribution in [0.3, 0.4) is 0 Å². The predicted molar refractivity (Wildman–Crippen MR) is 48.1 cm³/mol. The fourth-order valence-electron chi connectivity index (χ4n) is 1.37. The molecule has 68 valence electrons. The van der Waals surface area contributed by atoms with Crippen LogP contribution in [0.25, 0.3) is 0 Å². The molecular formula is C8H13ClN2O. The molecule has 1 rings (SSSR count). The van der Waals surface area contributed by atoms with Crippen LogP contribution in [0.2, 0.25) is 0 Å². The number of piperidine rings is 1. The second-order valence-corrected chi connectivity index (χ2v) is 2.83. The quantitative estimate of drug-likeness (QED) is 0.701. The predicted octanol–water partition coefficient (Wildman–Crippen LogP) is 0.891. The van der Waals surface area contributed by atoms with Crippen LogP contribution in [-0.4, -0.2) is 18.9 Å². The molecule has 1 fully saturated rings. The standard InChI is InChI=1S/C8H12N2O.ClH/c9-4-1-8(11)7-2-5-10-6-3-7;/h7,10H,1-3,5-6H2;1H. The van der Waals surface area contributed by atoms with Gasteiger partial charge in [0.2, 0.25) is 0 Å². The molecule has 0 spiro atoms. The van der Waals surface area contributed by atoms with Gasteiger partial charge in [-0.3, -0.25) is 4.79 Å². The summed E-state index contributed by atoms with van der Waals surface area (Å²) in [5, 5.41) is 11.5. The minimum absolute atomic E-state index is 0. The maximum Gasteiger partial charge on any atom is 0.150 e. The average Bonchev–Trinajstić information content (AvgIpc) is 2.07. The summed E-state index contributed by atoms with van der Waals surface area (Å²) in [7, 11) is 0. The fraction of sp³-hybridized carbons (Fsp3) is 0.750. The van der Waals surface area contributed by atoms with Gasteiger partial charge >= 0.3 is 0 Å². The van der Waals surface area contributed by atoms with Crippen molar-refractivity contribution in [2.45, 2.75) is 19.3 Å². The van der Waals surface area contributed by atoms with E-state index in [1.807, 2.05) is 6.07 Å². The lowest BCUT2D eigenvalue weighted by Crippen LogP contribution is -2.31. The van der Waals surface area contributed by atoms with E-state index in [2.05, 4.69) is 5.32 Å². The van der Waals surface area contributed by atoms with E-state index in [4.69, 9.17) is 5.26 Å². The molecule has 12 heavy (non-hydrogen) atoms. The molecule has 4 heteroatoms. The van der Waals surface area contributed by atoms with Crippen LogP contribution in [0, 0.1) is 17.2 Å². The fourth-order valence-corrected chi connectivity index (χ4v) is 1.37. The van der Waals surface area contributed by atoms with Gasteiger partial charge < -0.3 is 5.32 Å². The number of rotatable bonds is 2. The van der Waals surface area contributed by atoms with Gasteiger partial charge in [0.25, 0.3) is 0 Å². The Morgan fingerprint density at radius 1 is 1.50 bits per heavy atom. The summed E-state index contributed by atoms with van der Waals surface area (Å²) in [6.07, 6.45) is 1.89. The lowest BCUT2D eigenvalue weighted by molar-refractivity contribution is -0.122. The third kappa shape index (κ3) is 3.21. The molecule has 3 nitrogen and oxygen atoms in total. The smallest absolute Gasteiger partial charge is 0.150 e. The van der Waals surface area contributed by atoms with Crippen LogP contribution < -0.4 is 5.32 Å². The first kappa shape index (κ1) is 11.4. The van der Waals surface area contributed by atoms with Crippen LogP contribution in [0.15, 0.2) is 0 Å². The number of carbonyl (C=O) groups is 1. The first-order chi connectivity index (χ1) is 5.34. The Balaban J connectivity index is 0.00000121. The number of nitrogens with zero attached hydrogens (tertiary/aromatic N) is 1. The number of carbonyl (C=O) groups excluding carboxylic acids is 1. The van der Waals surface area contributed by atoms with Crippen LogP contribution >= 0.6 is 12.4 Å². The zero-order chi connectivity index (χ0) is 8.10.